The number of halogens is 1. The van der Waals surface area contributed by atoms with E-state index in [9.17, 15) is 0 Å². The first-order valence-electron chi connectivity index (χ1n) is 5.83. The molecule has 2 aromatic carbocycles. The van der Waals surface area contributed by atoms with E-state index in [-0.39, 0.29) is 0 Å². The Labute approximate surface area is 112 Å². The normalized spacial score (nSPS) is 10.8. The lowest BCUT2D eigenvalue weighted by atomic mass is 10.0. The average molecular weight is 259 g/mol. The van der Waals surface area contributed by atoms with Gasteiger partial charge in [-0.2, -0.15) is 5.26 Å². The molecule has 0 aliphatic rings. The lowest BCUT2D eigenvalue weighted by Crippen LogP contribution is -2.10. The van der Waals surface area contributed by atoms with Crippen molar-refractivity contribution in [2.45, 2.75) is 13.0 Å². The molecule has 0 heterocycles. The fraction of sp³-hybridized carbons (Fsp3) is 0.267. The Balaban J connectivity index is 2.60. The summed E-state index contributed by atoms with van der Waals surface area (Å²) in [5.74, 6) is 0. The molecule has 2 aromatic rings. The Bertz CT molecular complexity index is 612. The predicted molar refractivity (Wildman–Crippen MR) is 75.7 cm³/mol. The number of nitrogens with zero attached hydrogens (tertiary/aromatic N) is 2. The Hall–Kier alpha value is -1.56. The highest BCUT2D eigenvalue weighted by molar-refractivity contribution is 6.32. The topological polar surface area (TPSA) is 27.0 Å². The lowest BCUT2D eigenvalue weighted by Gasteiger charge is -2.13. The molecule has 0 N–H and O–H groups in total. The highest BCUT2D eigenvalue weighted by Gasteiger charge is 2.07. The van der Waals surface area contributed by atoms with Crippen molar-refractivity contribution in [1.82, 2.24) is 4.90 Å². The Kier molecular flexibility index (Phi) is 3.86. The van der Waals surface area contributed by atoms with Crippen LogP contribution in [0.15, 0.2) is 30.3 Å². The van der Waals surface area contributed by atoms with Gasteiger partial charge >= 0.3 is 0 Å². The molecule has 0 spiro atoms. The van der Waals surface area contributed by atoms with Crippen molar-refractivity contribution in [2.75, 3.05) is 14.1 Å². The fourth-order valence-electron chi connectivity index (χ4n) is 2.11. The van der Waals surface area contributed by atoms with Gasteiger partial charge in [-0.15, -0.1) is 0 Å². The summed E-state index contributed by atoms with van der Waals surface area (Å²) in [5.41, 5.74) is 2.16. The third-order valence-electron chi connectivity index (χ3n) is 2.89. The molecule has 3 heteroatoms. The van der Waals surface area contributed by atoms with Crippen molar-refractivity contribution in [2.24, 2.45) is 0 Å². The number of hydrogen-bond acceptors (Lipinski definition) is 2. The third kappa shape index (κ3) is 2.64. The average Bonchev–Trinajstić information content (AvgIpc) is 2.30. The Morgan fingerprint density at radius 3 is 2.67 bits per heavy atom. The van der Waals surface area contributed by atoms with Crippen LogP contribution in [0.3, 0.4) is 0 Å². The zero-order valence-corrected chi connectivity index (χ0v) is 11.3. The largest absolute Gasteiger partial charge is 0.305 e. The van der Waals surface area contributed by atoms with Crippen LogP contribution in [0, 0.1) is 11.3 Å². The highest BCUT2D eigenvalue weighted by atomic mass is 35.5. The van der Waals surface area contributed by atoms with Gasteiger partial charge in [-0.1, -0.05) is 29.8 Å². The Morgan fingerprint density at radius 1 is 1.22 bits per heavy atom. The summed E-state index contributed by atoms with van der Waals surface area (Å²) in [6.45, 7) is 0.880. The van der Waals surface area contributed by atoms with E-state index in [2.05, 4.69) is 23.1 Å². The van der Waals surface area contributed by atoms with Crippen LogP contribution in [-0.2, 0) is 13.0 Å². The van der Waals surface area contributed by atoms with E-state index in [1.165, 1.54) is 10.9 Å². The maximum atomic E-state index is 8.81. The van der Waals surface area contributed by atoms with E-state index in [0.717, 1.165) is 17.5 Å². The van der Waals surface area contributed by atoms with Crippen molar-refractivity contribution in [3.63, 3.8) is 0 Å². The molecular weight excluding hydrogens is 244 g/mol. The summed E-state index contributed by atoms with van der Waals surface area (Å²) in [4.78, 5) is 2.13. The number of hydrogen-bond donors (Lipinski definition) is 0. The molecular formula is C15H15ClN2. The molecule has 0 aliphatic heterocycles. The van der Waals surface area contributed by atoms with E-state index >= 15 is 0 Å². The quantitative estimate of drug-likeness (QED) is 0.841. The van der Waals surface area contributed by atoms with Gasteiger partial charge in [-0.3, -0.25) is 0 Å². The van der Waals surface area contributed by atoms with E-state index in [1.54, 1.807) is 0 Å². The molecule has 18 heavy (non-hydrogen) atoms. The van der Waals surface area contributed by atoms with Crippen molar-refractivity contribution in [3.05, 3.63) is 46.5 Å². The van der Waals surface area contributed by atoms with Gasteiger partial charge in [0.15, 0.2) is 0 Å². The van der Waals surface area contributed by atoms with Gasteiger partial charge in [0.05, 0.1) is 12.5 Å². The van der Waals surface area contributed by atoms with Crippen LogP contribution in [0.5, 0.6) is 0 Å². The van der Waals surface area contributed by atoms with Gasteiger partial charge in [0.25, 0.3) is 0 Å². The Morgan fingerprint density at radius 2 is 2.00 bits per heavy atom. The van der Waals surface area contributed by atoms with Gasteiger partial charge in [0.2, 0.25) is 0 Å². The number of rotatable bonds is 3. The second-order valence-corrected chi connectivity index (χ2v) is 5.06. The minimum Gasteiger partial charge on any atom is -0.305 e. The second kappa shape index (κ2) is 5.39. The molecule has 0 bridgehead atoms. The van der Waals surface area contributed by atoms with Crippen LogP contribution in [0.25, 0.3) is 10.8 Å². The SMILES string of the molecule is CN(C)Cc1cccc2cc(Cl)c(CC#N)cc12. The van der Waals surface area contributed by atoms with Gasteiger partial charge in [-0.05, 0) is 48.1 Å². The molecule has 0 aromatic heterocycles. The van der Waals surface area contributed by atoms with Crippen LogP contribution < -0.4 is 0 Å². The molecule has 0 atom stereocenters. The van der Waals surface area contributed by atoms with Crippen molar-refractivity contribution < 1.29 is 0 Å². The van der Waals surface area contributed by atoms with Crippen LogP contribution in [0.1, 0.15) is 11.1 Å². The lowest BCUT2D eigenvalue weighted by molar-refractivity contribution is 0.404. The van der Waals surface area contributed by atoms with Crippen LogP contribution in [0.2, 0.25) is 5.02 Å². The molecule has 0 saturated heterocycles. The smallest absolute Gasteiger partial charge is 0.0670 e. The first kappa shape index (κ1) is 12.9. The molecule has 0 amide bonds. The van der Waals surface area contributed by atoms with Crippen LogP contribution in [0.4, 0.5) is 0 Å². The van der Waals surface area contributed by atoms with Gasteiger partial charge in [0, 0.05) is 11.6 Å². The maximum absolute atomic E-state index is 8.81. The van der Waals surface area contributed by atoms with Gasteiger partial charge in [0.1, 0.15) is 0 Å². The molecule has 0 fully saturated rings. The van der Waals surface area contributed by atoms with E-state index in [1.807, 2.05) is 32.3 Å². The van der Waals surface area contributed by atoms with Crippen LogP contribution in [-0.4, -0.2) is 19.0 Å². The predicted octanol–water partition coefficient (Wildman–Crippen LogP) is 3.62. The summed E-state index contributed by atoms with van der Waals surface area (Å²) in [6.07, 6.45) is 0.352. The molecule has 0 aliphatic carbocycles. The monoisotopic (exact) mass is 258 g/mol. The summed E-state index contributed by atoms with van der Waals surface area (Å²) in [6, 6.07) is 12.4. The number of benzene rings is 2. The molecule has 0 radical (unpaired) electrons. The van der Waals surface area contributed by atoms with E-state index in [4.69, 9.17) is 16.9 Å². The fourth-order valence-corrected chi connectivity index (χ4v) is 2.35. The molecule has 92 valence electrons. The highest BCUT2D eigenvalue weighted by Crippen LogP contribution is 2.27. The van der Waals surface area contributed by atoms with Gasteiger partial charge < -0.3 is 4.90 Å². The minimum absolute atomic E-state index is 0.352. The summed E-state index contributed by atoms with van der Waals surface area (Å²) in [5, 5.41) is 11.8. The van der Waals surface area contributed by atoms with Crippen molar-refractivity contribution >= 4 is 22.4 Å². The molecule has 2 rings (SSSR count). The summed E-state index contributed by atoms with van der Waals surface area (Å²) >= 11 is 6.18. The zero-order valence-electron chi connectivity index (χ0n) is 10.6. The number of fused-ring (bicyclic) bond motifs is 1. The molecule has 2 nitrogen and oxygen atoms in total. The molecule has 0 saturated carbocycles. The zero-order chi connectivity index (χ0) is 13.1. The minimum atomic E-state index is 0.352. The first-order valence-corrected chi connectivity index (χ1v) is 6.21. The van der Waals surface area contributed by atoms with Crippen molar-refractivity contribution in [1.29, 1.82) is 5.26 Å². The van der Waals surface area contributed by atoms with Crippen molar-refractivity contribution in [3.8, 4) is 6.07 Å². The number of nitriles is 1. The summed E-state index contributed by atoms with van der Waals surface area (Å²) in [7, 11) is 4.09. The second-order valence-electron chi connectivity index (χ2n) is 4.65. The summed E-state index contributed by atoms with van der Waals surface area (Å²) < 4.78 is 0. The third-order valence-corrected chi connectivity index (χ3v) is 3.25. The van der Waals surface area contributed by atoms with E-state index < -0.39 is 0 Å². The maximum Gasteiger partial charge on any atom is 0.0670 e. The van der Waals surface area contributed by atoms with Crippen LogP contribution >= 0.6 is 11.6 Å². The van der Waals surface area contributed by atoms with E-state index in [0.29, 0.717) is 11.4 Å². The molecule has 0 unspecified atom stereocenters. The first-order chi connectivity index (χ1) is 8.61. The standard InChI is InChI=1S/C15H15ClN2/c1-18(2)10-13-5-3-4-11-9-15(16)12(6-7-17)8-14(11)13/h3-5,8-9H,6,10H2,1-2H3. The van der Waals surface area contributed by atoms with Gasteiger partial charge in [-0.25, -0.2) is 0 Å².